The van der Waals surface area contributed by atoms with Crippen molar-refractivity contribution in [2.45, 2.75) is 59.5 Å². The average Bonchev–Trinajstić information content (AvgIpc) is 3.20. The molecule has 186 valence electrons. The van der Waals surface area contributed by atoms with Crippen LogP contribution in [0.1, 0.15) is 63.9 Å². The third kappa shape index (κ3) is 5.19. The zero-order valence-corrected chi connectivity index (χ0v) is 20.9. The number of hydrogen-bond acceptors (Lipinski definition) is 8. The fraction of sp³-hybridized carbons (Fsp3) is 0.385. The molecule has 0 aliphatic carbocycles. The molecule has 1 atom stereocenters. The van der Waals surface area contributed by atoms with E-state index in [1.807, 2.05) is 20.8 Å². The first-order valence-corrected chi connectivity index (χ1v) is 11.3. The smallest absolute Gasteiger partial charge is 0.338 e. The standard InChI is InChI=1S/C26H31N3O6/c1-8-18(31)19-20(26(5,6)7)22(32)21(29-27-16-11-9-10-12-17(16)28-29)24(34-13-15(4)30)23(19)35-25(33)14(2)3/h9-12,15,30,32H,2,8,13H2,1,3-7H3. The Labute approximate surface area is 204 Å². The van der Waals surface area contributed by atoms with Gasteiger partial charge in [0.1, 0.15) is 17.6 Å². The van der Waals surface area contributed by atoms with Crippen molar-refractivity contribution in [1.82, 2.24) is 15.0 Å². The van der Waals surface area contributed by atoms with Crippen LogP contribution >= 0.6 is 0 Å². The molecule has 0 aliphatic rings. The molecule has 0 bridgehead atoms. The summed E-state index contributed by atoms with van der Waals surface area (Å²) in [6, 6.07) is 7.12. The van der Waals surface area contributed by atoms with Crippen LogP contribution < -0.4 is 9.47 Å². The van der Waals surface area contributed by atoms with Crippen LogP contribution in [0.15, 0.2) is 36.4 Å². The molecule has 9 heteroatoms. The fourth-order valence-electron chi connectivity index (χ4n) is 3.61. The van der Waals surface area contributed by atoms with Gasteiger partial charge in [-0.05, 0) is 31.4 Å². The van der Waals surface area contributed by atoms with Gasteiger partial charge in [-0.1, -0.05) is 46.4 Å². The largest absolute Gasteiger partial charge is 0.505 e. The van der Waals surface area contributed by atoms with Crippen LogP contribution in [0.25, 0.3) is 16.7 Å². The van der Waals surface area contributed by atoms with Gasteiger partial charge in [-0.15, -0.1) is 15.0 Å². The Morgan fingerprint density at radius 1 is 1.14 bits per heavy atom. The lowest BCUT2D eigenvalue weighted by atomic mass is 9.80. The number of rotatable bonds is 8. The number of ketones is 1. The number of carbonyl (C=O) groups is 2. The predicted molar refractivity (Wildman–Crippen MR) is 131 cm³/mol. The van der Waals surface area contributed by atoms with Crippen molar-refractivity contribution in [3.8, 4) is 22.9 Å². The number of aliphatic hydroxyl groups excluding tert-OH is 1. The van der Waals surface area contributed by atoms with Crippen molar-refractivity contribution in [3.63, 3.8) is 0 Å². The summed E-state index contributed by atoms with van der Waals surface area (Å²) in [5.41, 5.74) is 0.737. The first kappa shape index (κ1) is 25.9. The number of aliphatic hydroxyl groups is 1. The monoisotopic (exact) mass is 481 g/mol. The molecule has 1 aromatic heterocycles. The lowest BCUT2D eigenvalue weighted by Crippen LogP contribution is -2.23. The SMILES string of the molecule is C=C(C)C(=O)Oc1c(OCC(C)O)c(-n2nc3ccccc3n2)c(O)c(C(C)(C)C)c1C(=O)CC. The third-order valence-electron chi connectivity index (χ3n) is 5.21. The minimum absolute atomic E-state index is 0.0102. The number of esters is 1. The van der Waals surface area contributed by atoms with Crippen molar-refractivity contribution < 1.29 is 29.3 Å². The van der Waals surface area contributed by atoms with Crippen LogP contribution in [0.4, 0.5) is 0 Å². The van der Waals surface area contributed by atoms with Crippen molar-refractivity contribution in [3.05, 3.63) is 47.5 Å². The minimum atomic E-state index is -0.896. The Morgan fingerprint density at radius 2 is 1.71 bits per heavy atom. The van der Waals surface area contributed by atoms with E-state index in [2.05, 4.69) is 16.8 Å². The molecule has 0 spiro atoms. The Bertz CT molecular complexity index is 1270. The summed E-state index contributed by atoms with van der Waals surface area (Å²) in [4.78, 5) is 27.1. The quantitative estimate of drug-likeness (QED) is 0.212. The van der Waals surface area contributed by atoms with Crippen LogP contribution in [0.3, 0.4) is 0 Å². The summed E-state index contributed by atoms with van der Waals surface area (Å²) in [7, 11) is 0. The molecule has 2 aromatic carbocycles. The van der Waals surface area contributed by atoms with Crippen LogP contribution in [0, 0.1) is 0 Å². The minimum Gasteiger partial charge on any atom is -0.505 e. The van der Waals surface area contributed by atoms with E-state index < -0.39 is 17.5 Å². The zero-order chi connectivity index (χ0) is 26.1. The van der Waals surface area contributed by atoms with Crippen LogP contribution in [0.2, 0.25) is 0 Å². The van der Waals surface area contributed by atoms with Gasteiger partial charge in [0.25, 0.3) is 0 Å². The Balaban J connectivity index is 2.51. The fourth-order valence-corrected chi connectivity index (χ4v) is 3.61. The number of ether oxygens (including phenoxy) is 2. The molecule has 9 nitrogen and oxygen atoms in total. The zero-order valence-electron chi connectivity index (χ0n) is 20.9. The van der Waals surface area contributed by atoms with Crippen molar-refractivity contribution >= 4 is 22.8 Å². The first-order valence-electron chi connectivity index (χ1n) is 11.3. The molecule has 1 heterocycles. The summed E-state index contributed by atoms with van der Waals surface area (Å²) in [6.07, 6.45) is -0.814. The van der Waals surface area contributed by atoms with Gasteiger partial charge < -0.3 is 19.7 Å². The van der Waals surface area contributed by atoms with Crippen molar-refractivity contribution in [1.29, 1.82) is 0 Å². The van der Waals surface area contributed by atoms with E-state index in [1.54, 1.807) is 31.2 Å². The number of phenolic OH excluding ortho intramolecular Hbond substituents is 1. The van der Waals surface area contributed by atoms with E-state index in [9.17, 15) is 19.8 Å². The maximum atomic E-state index is 13.2. The highest BCUT2D eigenvalue weighted by Gasteiger charge is 2.37. The molecule has 3 aromatic rings. The molecule has 0 saturated heterocycles. The van der Waals surface area contributed by atoms with E-state index in [0.717, 1.165) is 0 Å². The molecule has 0 saturated carbocycles. The van der Waals surface area contributed by atoms with Gasteiger partial charge >= 0.3 is 5.97 Å². The second kappa shape index (κ2) is 9.87. The number of phenols is 1. The number of carbonyl (C=O) groups excluding carboxylic acids is 2. The van der Waals surface area contributed by atoms with Gasteiger partial charge in [0, 0.05) is 17.6 Å². The lowest BCUT2D eigenvalue weighted by Gasteiger charge is -2.28. The van der Waals surface area contributed by atoms with Crippen molar-refractivity contribution in [2.24, 2.45) is 0 Å². The Hall–Kier alpha value is -3.72. The van der Waals surface area contributed by atoms with E-state index in [-0.39, 0.29) is 58.4 Å². The summed E-state index contributed by atoms with van der Waals surface area (Å²) >= 11 is 0. The normalized spacial score (nSPS) is 12.4. The van der Waals surface area contributed by atoms with Crippen molar-refractivity contribution in [2.75, 3.05) is 6.61 Å². The number of Topliss-reactive ketones (excluding diaryl/α,β-unsaturated/α-hetero) is 1. The molecule has 3 rings (SSSR count). The van der Waals surface area contributed by atoms with Gasteiger partial charge in [0.05, 0.1) is 11.7 Å². The van der Waals surface area contributed by atoms with Crippen LogP contribution in [0.5, 0.6) is 17.2 Å². The maximum absolute atomic E-state index is 13.2. The highest BCUT2D eigenvalue weighted by molar-refractivity contribution is 6.04. The maximum Gasteiger partial charge on any atom is 0.338 e. The molecule has 0 radical (unpaired) electrons. The predicted octanol–water partition coefficient (Wildman–Crippen LogP) is 4.26. The summed E-state index contributed by atoms with van der Waals surface area (Å²) in [6.45, 7) is 13.6. The molecule has 0 amide bonds. The molecule has 2 N–H and O–H groups in total. The second-order valence-electron chi connectivity index (χ2n) is 9.44. The number of aromatic hydroxyl groups is 1. The molecule has 1 unspecified atom stereocenters. The number of fused-ring (bicyclic) bond motifs is 1. The lowest BCUT2D eigenvalue weighted by molar-refractivity contribution is -0.130. The topological polar surface area (TPSA) is 124 Å². The molecular formula is C26H31N3O6. The highest BCUT2D eigenvalue weighted by Crippen LogP contribution is 2.50. The highest BCUT2D eigenvalue weighted by atomic mass is 16.6. The molecule has 0 aliphatic heterocycles. The van der Waals surface area contributed by atoms with E-state index in [0.29, 0.717) is 11.0 Å². The first-order chi connectivity index (χ1) is 16.4. The van der Waals surface area contributed by atoms with Gasteiger partial charge in [-0.25, -0.2) is 4.79 Å². The van der Waals surface area contributed by atoms with E-state index in [1.165, 1.54) is 18.6 Å². The number of aromatic nitrogens is 3. The molecular weight excluding hydrogens is 450 g/mol. The third-order valence-corrected chi connectivity index (χ3v) is 5.21. The van der Waals surface area contributed by atoms with Gasteiger partial charge in [0.2, 0.25) is 0 Å². The Kier molecular flexibility index (Phi) is 7.30. The number of benzene rings is 2. The molecule has 35 heavy (non-hydrogen) atoms. The van der Waals surface area contributed by atoms with E-state index >= 15 is 0 Å². The Morgan fingerprint density at radius 3 is 2.17 bits per heavy atom. The van der Waals surface area contributed by atoms with Gasteiger partial charge in [-0.3, -0.25) is 4.79 Å². The average molecular weight is 482 g/mol. The summed E-state index contributed by atoms with van der Waals surface area (Å²) in [5.74, 6) is -1.73. The van der Waals surface area contributed by atoms with Gasteiger partial charge in [0.15, 0.2) is 28.7 Å². The number of nitrogens with zero attached hydrogens (tertiary/aromatic N) is 3. The van der Waals surface area contributed by atoms with Crippen LogP contribution in [-0.4, -0.2) is 49.7 Å². The van der Waals surface area contributed by atoms with Gasteiger partial charge in [-0.2, -0.15) is 0 Å². The molecule has 0 fully saturated rings. The number of hydrogen-bond donors (Lipinski definition) is 2. The summed E-state index contributed by atoms with van der Waals surface area (Å²) < 4.78 is 11.5. The van der Waals surface area contributed by atoms with E-state index in [4.69, 9.17) is 9.47 Å². The van der Waals surface area contributed by atoms with Crippen LogP contribution in [-0.2, 0) is 10.2 Å². The summed E-state index contributed by atoms with van der Waals surface area (Å²) in [5, 5.41) is 30.4. The second-order valence-corrected chi connectivity index (χ2v) is 9.44.